The molecule has 0 aliphatic rings. The lowest BCUT2D eigenvalue weighted by molar-refractivity contribution is 0.0700. The zero-order chi connectivity index (χ0) is 15.7. The molecule has 0 fully saturated rings. The molecule has 0 amide bonds. The summed E-state index contributed by atoms with van der Waals surface area (Å²) in [4.78, 5) is 12.3. The van der Waals surface area contributed by atoms with E-state index in [9.17, 15) is 14.3 Å². The normalized spacial score (nSPS) is 11.0. The lowest BCUT2D eigenvalue weighted by atomic mass is 10.0. The van der Waals surface area contributed by atoms with Gasteiger partial charge in [0.2, 0.25) is 0 Å². The molecule has 0 aliphatic heterocycles. The largest absolute Gasteiger partial charge is 0.478 e. The summed E-state index contributed by atoms with van der Waals surface area (Å²) in [6.45, 7) is 0.427. The van der Waals surface area contributed by atoms with Crippen LogP contribution in [0.5, 0.6) is 0 Å². The number of hydrogen-bond acceptors (Lipinski definition) is 3. The molecule has 1 heterocycles. The average Bonchev–Trinajstić information content (AvgIpc) is 2.87. The van der Waals surface area contributed by atoms with Gasteiger partial charge in [0, 0.05) is 17.2 Å². The van der Waals surface area contributed by atoms with Crippen molar-refractivity contribution >= 4 is 27.4 Å². The Morgan fingerprint density at radius 3 is 2.59 bits per heavy atom. The van der Waals surface area contributed by atoms with E-state index in [1.165, 1.54) is 23.5 Å². The number of rotatable bonds is 4. The maximum absolute atomic E-state index is 13.1. The highest BCUT2D eigenvalue weighted by Gasteiger charge is 2.19. The number of methoxy groups -OCH3 is 1. The molecule has 0 spiro atoms. The molecule has 5 heteroatoms. The quantitative estimate of drug-likeness (QED) is 0.768. The van der Waals surface area contributed by atoms with Crippen LogP contribution in [0.15, 0.2) is 42.5 Å². The Balaban J connectivity index is 2.23. The predicted molar refractivity (Wildman–Crippen MR) is 84.9 cm³/mol. The molecule has 112 valence electrons. The maximum atomic E-state index is 13.1. The van der Waals surface area contributed by atoms with Crippen LogP contribution in [0, 0.1) is 5.82 Å². The van der Waals surface area contributed by atoms with Crippen molar-refractivity contribution in [2.24, 2.45) is 0 Å². The van der Waals surface area contributed by atoms with Gasteiger partial charge in [-0.15, -0.1) is 11.3 Å². The fourth-order valence-electron chi connectivity index (χ4n) is 2.42. The molecule has 0 aliphatic carbocycles. The summed E-state index contributed by atoms with van der Waals surface area (Å²) in [5.74, 6) is -1.33. The number of aromatic carboxylic acids is 1. The van der Waals surface area contributed by atoms with Crippen LogP contribution in [0.1, 0.15) is 15.9 Å². The highest BCUT2D eigenvalue weighted by molar-refractivity contribution is 7.22. The molecule has 0 atom stereocenters. The number of carbonyl (C=O) groups is 1. The van der Waals surface area contributed by atoms with Crippen molar-refractivity contribution in [1.82, 2.24) is 0 Å². The van der Waals surface area contributed by atoms with Crippen LogP contribution < -0.4 is 0 Å². The van der Waals surface area contributed by atoms with Gasteiger partial charge in [-0.3, -0.25) is 0 Å². The number of thiophene rings is 1. The third kappa shape index (κ3) is 2.61. The van der Waals surface area contributed by atoms with Gasteiger partial charge in [-0.2, -0.15) is 0 Å². The van der Waals surface area contributed by atoms with E-state index < -0.39 is 5.97 Å². The van der Waals surface area contributed by atoms with Crippen molar-refractivity contribution < 1.29 is 19.0 Å². The third-order valence-electron chi connectivity index (χ3n) is 3.38. The number of fused-ring (bicyclic) bond motifs is 1. The Morgan fingerprint density at radius 2 is 1.95 bits per heavy atom. The first-order valence-corrected chi connectivity index (χ1v) is 7.45. The third-order valence-corrected chi connectivity index (χ3v) is 4.60. The smallest absolute Gasteiger partial charge is 0.337 e. The highest BCUT2D eigenvalue weighted by atomic mass is 32.1. The van der Waals surface area contributed by atoms with E-state index in [4.69, 9.17) is 4.74 Å². The van der Waals surface area contributed by atoms with E-state index >= 15 is 0 Å². The fraction of sp³-hybridized carbons (Fsp3) is 0.118. The first-order valence-electron chi connectivity index (χ1n) is 6.63. The molecule has 22 heavy (non-hydrogen) atoms. The van der Waals surface area contributed by atoms with Crippen LogP contribution in [0.4, 0.5) is 4.39 Å². The number of hydrogen-bond donors (Lipinski definition) is 1. The zero-order valence-electron chi connectivity index (χ0n) is 11.8. The molecule has 0 saturated heterocycles. The summed E-state index contributed by atoms with van der Waals surface area (Å²) in [5.41, 5.74) is 1.87. The van der Waals surface area contributed by atoms with Crippen LogP contribution in [0.3, 0.4) is 0 Å². The molecule has 3 rings (SSSR count). The molecule has 0 saturated carbocycles. The summed E-state index contributed by atoms with van der Waals surface area (Å²) < 4.78 is 19.1. The fourth-order valence-corrected chi connectivity index (χ4v) is 3.60. The lowest BCUT2D eigenvalue weighted by Gasteiger charge is -2.02. The van der Waals surface area contributed by atoms with Gasteiger partial charge in [-0.05, 0) is 35.4 Å². The molecule has 1 aromatic heterocycles. The van der Waals surface area contributed by atoms with Crippen molar-refractivity contribution in [3.8, 4) is 10.4 Å². The Labute approximate surface area is 130 Å². The van der Waals surface area contributed by atoms with Crippen LogP contribution in [-0.4, -0.2) is 18.2 Å². The van der Waals surface area contributed by atoms with Crippen LogP contribution >= 0.6 is 11.3 Å². The first kappa shape index (κ1) is 14.7. The monoisotopic (exact) mass is 316 g/mol. The number of ether oxygens (including phenoxy) is 1. The topological polar surface area (TPSA) is 46.5 Å². The number of carboxylic acids is 1. The molecule has 3 nitrogen and oxygen atoms in total. The predicted octanol–water partition coefficient (Wildman–Crippen LogP) is 4.55. The number of benzene rings is 2. The van der Waals surface area contributed by atoms with Crippen molar-refractivity contribution in [2.75, 3.05) is 7.11 Å². The summed E-state index contributed by atoms with van der Waals surface area (Å²) >= 11 is 1.39. The molecule has 0 radical (unpaired) electrons. The van der Waals surface area contributed by atoms with E-state index in [1.807, 2.05) is 18.2 Å². The van der Waals surface area contributed by atoms with E-state index in [0.717, 1.165) is 10.3 Å². The van der Waals surface area contributed by atoms with Gasteiger partial charge in [0.1, 0.15) is 5.82 Å². The highest BCUT2D eigenvalue weighted by Crippen LogP contribution is 2.39. The van der Waals surface area contributed by atoms with Gasteiger partial charge >= 0.3 is 5.97 Å². The first-order chi connectivity index (χ1) is 10.6. The molecule has 1 N–H and O–H groups in total. The van der Waals surface area contributed by atoms with Gasteiger partial charge < -0.3 is 9.84 Å². The Bertz CT molecular complexity index is 837. The van der Waals surface area contributed by atoms with Gasteiger partial charge in [0.25, 0.3) is 0 Å². The minimum Gasteiger partial charge on any atom is -0.478 e. The molecular formula is C17H13FO3S. The van der Waals surface area contributed by atoms with Crippen LogP contribution in [0.25, 0.3) is 20.5 Å². The van der Waals surface area contributed by atoms with E-state index in [0.29, 0.717) is 22.4 Å². The van der Waals surface area contributed by atoms with E-state index in [-0.39, 0.29) is 11.4 Å². The summed E-state index contributed by atoms with van der Waals surface area (Å²) in [7, 11) is 1.60. The SMILES string of the molecule is COCc1ccc2sc(-c3ccc(F)cc3)c(C(=O)O)c2c1. The lowest BCUT2D eigenvalue weighted by Crippen LogP contribution is -1.97. The average molecular weight is 316 g/mol. The summed E-state index contributed by atoms with van der Waals surface area (Å²) in [5, 5.41) is 10.3. The minimum atomic E-state index is -0.986. The van der Waals surface area contributed by atoms with E-state index in [1.54, 1.807) is 19.2 Å². The van der Waals surface area contributed by atoms with E-state index in [2.05, 4.69) is 0 Å². The van der Waals surface area contributed by atoms with Crippen LogP contribution in [0.2, 0.25) is 0 Å². The second-order valence-electron chi connectivity index (χ2n) is 4.88. The molecule has 0 bridgehead atoms. The number of carboxylic acid groups (broad SMARTS) is 1. The Hall–Kier alpha value is -2.24. The minimum absolute atomic E-state index is 0.254. The number of halogens is 1. The van der Waals surface area contributed by atoms with Gasteiger partial charge in [0.15, 0.2) is 0 Å². The molecule has 3 aromatic rings. The second-order valence-corrected chi connectivity index (χ2v) is 5.93. The summed E-state index contributed by atoms with van der Waals surface area (Å²) in [6, 6.07) is 11.5. The van der Waals surface area contributed by atoms with Gasteiger partial charge in [-0.1, -0.05) is 18.2 Å². The van der Waals surface area contributed by atoms with Crippen molar-refractivity contribution in [1.29, 1.82) is 0 Å². The van der Waals surface area contributed by atoms with Crippen molar-refractivity contribution in [3.63, 3.8) is 0 Å². The molecule has 2 aromatic carbocycles. The second kappa shape index (κ2) is 5.87. The van der Waals surface area contributed by atoms with Gasteiger partial charge in [-0.25, -0.2) is 9.18 Å². The summed E-state index contributed by atoms with van der Waals surface area (Å²) in [6.07, 6.45) is 0. The van der Waals surface area contributed by atoms with Gasteiger partial charge in [0.05, 0.1) is 17.0 Å². The standard InChI is InChI=1S/C17H13FO3S/c1-21-9-10-2-7-14-13(8-10)15(17(19)20)16(22-14)11-3-5-12(18)6-4-11/h2-8H,9H2,1H3,(H,19,20). The molecule has 0 unspecified atom stereocenters. The maximum Gasteiger partial charge on any atom is 0.337 e. The Kier molecular flexibility index (Phi) is 3.92. The van der Waals surface area contributed by atoms with Crippen LogP contribution in [-0.2, 0) is 11.3 Å². The Morgan fingerprint density at radius 1 is 1.23 bits per heavy atom. The van der Waals surface area contributed by atoms with Crippen molar-refractivity contribution in [2.45, 2.75) is 6.61 Å². The zero-order valence-corrected chi connectivity index (χ0v) is 12.6. The molecular weight excluding hydrogens is 303 g/mol. The van der Waals surface area contributed by atoms with Crippen molar-refractivity contribution in [3.05, 3.63) is 59.4 Å².